The van der Waals surface area contributed by atoms with Crippen LogP contribution >= 0.6 is 11.8 Å². The number of nitrogens with one attached hydrogen (secondary N) is 1. The van der Waals surface area contributed by atoms with Gasteiger partial charge < -0.3 is 0 Å². The molecular formula is C24H21N7O3S. The smallest absolute Gasteiger partial charge is 0.270 e. The van der Waals surface area contributed by atoms with E-state index in [0.717, 1.165) is 16.8 Å². The lowest BCUT2D eigenvalue weighted by Crippen LogP contribution is -2.21. The number of benzene rings is 2. The number of non-ortho nitro benzene ring substituents is 1. The van der Waals surface area contributed by atoms with Gasteiger partial charge in [0, 0.05) is 41.3 Å². The van der Waals surface area contributed by atoms with Crippen LogP contribution in [-0.4, -0.2) is 42.0 Å². The van der Waals surface area contributed by atoms with Gasteiger partial charge in [-0.25, -0.2) is 5.43 Å². The summed E-state index contributed by atoms with van der Waals surface area (Å²) in [4.78, 5) is 27.0. The van der Waals surface area contributed by atoms with E-state index in [4.69, 9.17) is 0 Å². The van der Waals surface area contributed by atoms with Gasteiger partial charge in [0.05, 0.1) is 16.4 Å². The van der Waals surface area contributed by atoms with E-state index in [9.17, 15) is 14.9 Å². The Bertz CT molecular complexity index is 1390. The van der Waals surface area contributed by atoms with Crippen molar-refractivity contribution in [3.8, 4) is 17.1 Å². The van der Waals surface area contributed by atoms with Gasteiger partial charge in [0.2, 0.25) is 0 Å². The Hall–Kier alpha value is -4.38. The molecule has 11 heteroatoms. The Morgan fingerprint density at radius 3 is 2.57 bits per heavy atom. The SMILES string of the molecule is C/C(=N\NC(=O)CSc1nnc(-c2ccncc2)n1-c1ccc(C)cc1)c1cccc([N+](=O)[O-])c1. The molecule has 0 radical (unpaired) electrons. The molecule has 4 aromatic rings. The zero-order valence-corrected chi connectivity index (χ0v) is 19.8. The second kappa shape index (κ2) is 10.7. The molecule has 0 atom stereocenters. The van der Waals surface area contributed by atoms with Crippen LogP contribution < -0.4 is 5.43 Å². The summed E-state index contributed by atoms with van der Waals surface area (Å²) in [6.07, 6.45) is 3.37. The van der Waals surface area contributed by atoms with Crippen LogP contribution in [0.1, 0.15) is 18.1 Å². The van der Waals surface area contributed by atoms with Crippen LogP contribution in [0.25, 0.3) is 17.1 Å². The molecule has 35 heavy (non-hydrogen) atoms. The Morgan fingerprint density at radius 2 is 1.86 bits per heavy atom. The van der Waals surface area contributed by atoms with Crippen molar-refractivity contribution in [2.24, 2.45) is 5.10 Å². The number of hydrogen-bond acceptors (Lipinski definition) is 8. The van der Waals surface area contributed by atoms with Crippen molar-refractivity contribution in [3.63, 3.8) is 0 Å². The fourth-order valence-electron chi connectivity index (χ4n) is 3.20. The number of thioether (sulfide) groups is 1. The van der Waals surface area contributed by atoms with E-state index >= 15 is 0 Å². The number of aromatic nitrogens is 4. The van der Waals surface area contributed by atoms with Gasteiger partial charge in [-0.15, -0.1) is 10.2 Å². The monoisotopic (exact) mass is 487 g/mol. The minimum Gasteiger partial charge on any atom is -0.272 e. The summed E-state index contributed by atoms with van der Waals surface area (Å²) in [7, 11) is 0. The highest BCUT2D eigenvalue weighted by Gasteiger charge is 2.17. The molecule has 0 saturated carbocycles. The molecule has 0 fully saturated rings. The van der Waals surface area contributed by atoms with Gasteiger partial charge in [0.15, 0.2) is 11.0 Å². The number of nitrogens with zero attached hydrogens (tertiary/aromatic N) is 6. The van der Waals surface area contributed by atoms with Gasteiger partial charge in [-0.3, -0.25) is 24.5 Å². The highest BCUT2D eigenvalue weighted by Crippen LogP contribution is 2.27. The zero-order chi connectivity index (χ0) is 24.8. The maximum atomic E-state index is 12.5. The molecule has 0 saturated heterocycles. The van der Waals surface area contributed by atoms with Crippen molar-refractivity contribution in [2.75, 3.05) is 5.75 Å². The van der Waals surface area contributed by atoms with Crippen molar-refractivity contribution < 1.29 is 9.72 Å². The first-order chi connectivity index (χ1) is 16.9. The Labute approximate surface area is 205 Å². The van der Waals surface area contributed by atoms with Gasteiger partial charge in [-0.05, 0) is 38.1 Å². The Kier molecular flexibility index (Phi) is 7.27. The predicted molar refractivity (Wildman–Crippen MR) is 134 cm³/mol. The standard InChI is InChI=1S/C24H21N7O3S/c1-16-6-8-20(9-7-16)30-23(18-10-12-25-13-11-18)28-29-24(30)35-15-22(32)27-26-17(2)19-4-3-5-21(14-19)31(33)34/h3-14H,15H2,1-2H3,(H,27,32)/b26-17+. The van der Waals surface area contributed by atoms with Crippen molar-refractivity contribution in [1.29, 1.82) is 0 Å². The third-order valence-corrected chi connectivity index (χ3v) is 5.95. The number of nitro benzene ring substituents is 1. The van der Waals surface area contributed by atoms with E-state index in [1.165, 1.54) is 23.9 Å². The zero-order valence-electron chi connectivity index (χ0n) is 19.0. The number of hydrazone groups is 1. The molecule has 1 amide bonds. The predicted octanol–water partition coefficient (Wildman–Crippen LogP) is 4.18. The third-order valence-electron chi connectivity index (χ3n) is 5.02. The quantitative estimate of drug-likeness (QED) is 0.171. The fourth-order valence-corrected chi connectivity index (χ4v) is 3.94. The Morgan fingerprint density at radius 1 is 1.11 bits per heavy atom. The van der Waals surface area contributed by atoms with Crippen LogP contribution in [0.5, 0.6) is 0 Å². The van der Waals surface area contributed by atoms with Gasteiger partial charge in [-0.2, -0.15) is 5.10 Å². The molecule has 10 nitrogen and oxygen atoms in total. The summed E-state index contributed by atoms with van der Waals surface area (Å²) in [6, 6.07) is 17.7. The number of hydrogen-bond donors (Lipinski definition) is 1. The first-order valence-electron chi connectivity index (χ1n) is 10.6. The van der Waals surface area contributed by atoms with E-state index in [1.807, 2.05) is 47.9 Å². The molecule has 0 aliphatic carbocycles. The topological polar surface area (TPSA) is 128 Å². The number of pyridine rings is 1. The lowest BCUT2D eigenvalue weighted by molar-refractivity contribution is -0.384. The summed E-state index contributed by atoms with van der Waals surface area (Å²) in [5.41, 5.74) is 6.30. The van der Waals surface area contributed by atoms with Gasteiger partial charge in [0.25, 0.3) is 11.6 Å². The van der Waals surface area contributed by atoms with E-state index in [-0.39, 0.29) is 17.3 Å². The molecule has 2 aromatic carbocycles. The van der Waals surface area contributed by atoms with Crippen LogP contribution in [0, 0.1) is 17.0 Å². The van der Waals surface area contributed by atoms with E-state index in [0.29, 0.717) is 22.3 Å². The maximum absolute atomic E-state index is 12.5. The van der Waals surface area contributed by atoms with Crippen molar-refractivity contribution >= 4 is 29.1 Å². The average Bonchev–Trinajstić information content (AvgIpc) is 3.31. The first-order valence-corrected chi connectivity index (χ1v) is 11.5. The van der Waals surface area contributed by atoms with Gasteiger partial charge >= 0.3 is 0 Å². The molecule has 2 heterocycles. The van der Waals surface area contributed by atoms with Crippen molar-refractivity contribution in [1.82, 2.24) is 25.2 Å². The lowest BCUT2D eigenvalue weighted by atomic mass is 10.1. The second-order valence-corrected chi connectivity index (χ2v) is 8.48. The van der Waals surface area contributed by atoms with Crippen LogP contribution in [0.15, 0.2) is 83.3 Å². The molecule has 0 aliphatic rings. The van der Waals surface area contributed by atoms with E-state index in [1.54, 1.807) is 31.5 Å². The highest BCUT2D eigenvalue weighted by atomic mass is 32.2. The van der Waals surface area contributed by atoms with Crippen LogP contribution in [0.2, 0.25) is 0 Å². The van der Waals surface area contributed by atoms with Crippen molar-refractivity contribution in [2.45, 2.75) is 19.0 Å². The number of carbonyl (C=O) groups is 1. The van der Waals surface area contributed by atoms with E-state index < -0.39 is 4.92 Å². The van der Waals surface area contributed by atoms with Gasteiger partial charge in [0.1, 0.15) is 0 Å². The number of rotatable bonds is 8. The Balaban J connectivity index is 1.50. The maximum Gasteiger partial charge on any atom is 0.270 e. The number of aryl methyl sites for hydroxylation is 1. The molecule has 0 aliphatic heterocycles. The molecule has 1 N–H and O–H groups in total. The summed E-state index contributed by atoms with van der Waals surface area (Å²) >= 11 is 1.23. The summed E-state index contributed by atoms with van der Waals surface area (Å²) in [5.74, 6) is 0.342. The molecule has 0 spiro atoms. The number of carbonyl (C=O) groups excluding carboxylic acids is 1. The van der Waals surface area contributed by atoms with E-state index in [2.05, 4.69) is 25.7 Å². The molecule has 2 aromatic heterocycles. The molecule has 176 valence electrons. The summed E-state index contributed by atoms with van der Waals surface area (Å²) in [6.45, 7) is 3.68. The van der Waals surface area contributed by atoms with Gasteiger partial charge in [-0.1, -0.05) is 41.6 Å². The molecule has 4 rings (SSSR count). The van der Waals surface area contributed by atoms with Crippen LogP contribution in [0.4, 0.5) is 5.69 Å². The largest absolute Gasteiger partial charge is 0.272 e. The molecular weight excluding hydrogens is 466 g/mol. The lowest BCUT2D eigenvalue weighted by Gasteiger charge is -2.10. The van der Waals surface area contributed by atoms with Crippen LogP contribution in [-0.2, 0) is 4.79 Å². The molecule has 0 unspecified atom stereocenters. The fraction of sp³-hybridized carbons (Fsp3) is 0.125. The molecule has 0 bridgehead atoms. The normalized spacial score (nSPS) is 11.3. The average molecular weight is 488 g/mol. The third kappa shape index (κ3) is 5.76. The first kappa shape index (κ1) is 23.8. The minimum absolute atomic E-state index is 0.0422. The summed E-state index contributed by atoms with van der Waals surface area (Å²) < 4.78 is 1.89. The number of amides is 1. The second-order valence-electron chi connectivity index (χ2n) is 7.54. The number of nitro groups is 1. The van der Waals surface area contributed by atoms with Crippen LogP contribution in [0.3, 0.4) is 0 Å². The van der Waals surface area contributed by atoms with Crippen molar-refractivity contribution in [3.05, 3.63) is 94.3 Å². The minimum atomic E-state index is -0.476. The summed E-state index contributed by atoms with van der Waals surface area (Å²) in [5, 5.41) is 24.3. The highest BCUT2D eigenvalue weighted by molar-refractivity contribution is 7.99.